The Morgan fingerprint density at radius 3 is 2.29 bits per heavy atom. The number of nitrogens with zero attached hydrogens (tertiary/aromatic N) is 3. The number of hydrogen-bond acceptors (Lipinski definition) is 5. The van der Waals surface area contributed by atoms with Gasteiger partial charge in [0, 0.05) is 38.6 Å². The lowest BCUT2D eigenvalue weighted by Crippen LogP contribution is -2.60. The fourth-order valence-corrected chi connectivity index (χ4v) is 4.83. The lowest BCUT2D eigenvalue weighted by atomic mass is 9.94. The Bertz CT molecular complexity index is 823. The van der Waals surface area contributed by atoms with E-state index in [0.717, 1.165) is 4.31 Å². The Hall–Kier alpha value is -1.91. The third-order valence-electron chi connectivity index (χ3n) is 5.26. The first kappa shape index (κ1) is 20.8. The molecular formula is C18H28N4O5S. The van der Waals surface area contributed by atoms with Crippen LogP contribution in [-0.2, 0) is 19.8 Å². The van der Waals surface area contributed by atoms with Gasteiger partial charge in [-0.15, -0.1) is 0 Å². The molecule has 2 saturated heterocycles. The first-order chi connectivity index (χ1) is 13.0. The quantitative estimate of drug-likeness (QED) is 0.765. The van der Waals surface area contributed by atoms with Crippen molar-refractivity contribution in [2.45, 2.75) is 39.3 Å². The van der Waals surface area contributed by atoms with Crippen molar-refractivity contribution < 1.29 is 22.4 Å². The summed E-state index contributed by atoms with van der Waals surface area (Å²) in [5.41, 5.74) is -0.466. The maximum atomic E-state index is 13.1. The summed E-state index contributed by atoms with van der Waals surface area (Å²) < 4.78 is 33.9. The van der Waals surface area contributed by atoms with Crippen molar-refractivity contribution in [3.8, 4) is 0 Å². The molecule has 0 unspecified atom stereocenters. The standard InChI is InChI=1S/C18H28N4O5S/c1-18(2,3)17(24)22-9-7-21(8-10-22)16(23)14-12-13(15-6-5-11-27-15)19-28(25,26)20(14)4/h5-6,11,13-14,19H,7-10,12H2,1-4H3/t13-,14+/m0/s1. The van der Waals surface area contributed by atoms with Crippen LogP contribution in [0.4, 0.5) is 0 Å². The highest BCUT2D eigenvalue weighted by molar-refractivity contribution is 7.87. The van der Waals surface area contributed by atoms with E-state index in [1.54, 1.807) is 21.9 Å². The molecule has 3 heterocycles. The van der Waals surface area contributed by atoms with Crippen LogP contribution < -0.4 is 4.72 Å². The molecule has 28 heavy (non-hydrogen) atoms. The fourth-order valence-electron chi connectivity index (χ4n) is 3.59. The topological polar surface area (TPSA) is 103 Å². The average Bonchev–Trinajstić information content (AvgIpc) is 3.16. The number of carbonyl (C=O) groups excluding carboxylic acids is 2. The summed E-state index contributed by atoms with van der Waals surface area (Å²) in [6.07, 6.45) is 1.76. The van der Waals surface area contributed by atoms with Gasteiger partial charge in [0.2, 0.25) is 11.8 Å². The predicted octanol–water partition coefficient (Wildman–Crippen LogP) is 0.576. The summed E-state index contributed by atoms with van der Waals surface area (Å²) in [5, 5.41) is 0. The Morgan fingerprint density at radius 2 is 1.75 bits per heavy atom. The highest BCUT2D eigenvalue weighted by Gasteiger charge is 2.43. The minimum absolute atomic E-state index is 0.0547. The highest BCUT2D eigenvalue weighted by Crippen LogP contribution is 2.29. The largest absolute Gasteiger partial charge is 0.468 e. The first-order valence-electron chi connectivity index (χ1n) is 9.37. The summed E-state index contributed by atoms with van der Waals surface area (Å²) in [7, 11) is -2.40. The monoisotopic (exact) mass is 412 g/mol. The Balaban J connectivity index is 1.70. The average molecular weight is 413 g/mol. The summed E-state index contributed by atoms with van der Waals surface area (Å²) >= 11 is 0. The number of piperazine rings is 1. The number of rotatable bonds is 2. The second-order valence-electron chi connectivity index (χ2n) is 8.33. The second-order valence-corrected chi connectivity index (χ2v) is 10.1. The van der Waals surface area contributed by atoms with E-state index in [0.29, 0.717) is 31.9 Å². The van der Waals surface area contributed by atoms with Crippen LogP contribution in [0.15, 0.2) is 22.8 Å². The molecule has 2 atom stereocenters. The van der Waals surface area contributed by atoms with Gasteiger partial charge in [-0.1, -0.05) is 20.8 Å². The van der Waals surface area contributed by atoms with Gasteiger partial charge in [-0.3, -0.25) is 9.59 Å². The molecule has 1 aromatic rings. The van der Waals surface area contributed by atoms with Crippen molar-refractivity contribution in [2.24, 2.45) is 5.41 Å². The summed E-state index contributed by atoms with van der Waals surface area (Å²) in [6, 6.07) is 1.97. The second kappa shape index (κ2) is 7.49. The van der Waals surface area contributed by atoms with E-state index in [1.165, 1.54) is 13.3 Å². The van der Waals surface area contributed by atoms with E-state index < -0.39 is 27.7 Å². The number of likely N-dealkylation sites (N-methyl/N-ethyl adjacent to an activating group) is 1. The minimum Gasteiger partial charge on any atom is -0.468 e. The van der Waals surface area contributed by atoms with Crippen LogP contribution in [0.2, 0.25) is 0 Å². The number of amides is 2. The molecule has 2 aliphatic heterocycles. The lowest BCUT2D eigenvalue weighted by Gasteiger charge is -2.41. The van der Waals surface area contributed by atoms with Crippen LogP contribution in [0, 0.1) is 5.41 Å². The first-order valence-corrected chi connectivity index (χ1v) is 10.8. The van der Waals surface area contributed by atoms with Crippen molar-refractivity contribution in [2.75, 3.05) is 33.2 Å². The molecule has 9 nitrogen and oxygen atoms in total. The highest BCUT2D eigenvalue weighted by atomic mass is 32.2. The third-order valence-corrected chi connectivity index (χ3v) is 6.86. The zero-order valence-corrected chi connectivity index (χ0v) is 17.5. The van der Waals surface area contributed by atoms with Gasteiger partial charge >= 0.3 is 0 Å². The number of hydrogen-bond donors (Lipinski definition) is 1. The molecule has 2 amide bonds. The van der Waals surface area contributed by atoms with Crippen molar-refractivity contribution in [3.05, 3.63) is 24.2 Å². The maximum Gasteiger partial charge on any atom is 0.280 e. The van der Waals surface area contributed by atoms with Crippen molar-refractivity contribution in [1.82, 2.24) is 18.8 Å². The Labute approximate surface area is 165 Å². The molecular weight excluding hydrogens is 384 g/mol. The molecule has 0 aliphatic carbocycles. The van der Waals surface area contributed by atoms with E-state index in [2.05, 4.69) is 4.72 Å². The predicted molar refractivity (Wildman–Crippen MR) is 102 cm³/mol. The van der Waals surface area contributed by atoms with Crippen LogP contribution in [0.3, 0.4) is 0 Å². The van der Waals surface area contributed by atoms with Gasteiger partial charge in [0.05, 0.1) is 12.3 Å². The summed E-state index contributed by atoms with van der Waals surface area (Å²) in [5.74, 6) is 0.293. The van der Waals surface area contributed by atoms with Gasteiger partial charge in [-0.25, -0.2) is 0 Å². The molecule has 2 fully saturated rings. The molecule has 0 saturated carbocycles. The third kappa shape index (κ3) is 4.08. The van der Waals surface area contributed by atoms with Gasteiger partial charge in [0.25, 0.3) is 10.2 Å². The minimum atomic E-state index is -3.80. The van der Waals surface area contributed by atoms with Crippen LogP contribution in [-0.4, -0.2) is 73.6 Å². The molecule has 3 rings (SSSR count). The number of nitrogens with one attached hydrogen (secondary N) is 1. The lowest BCUT2D eigenvalue weighted by molar-refractivity contribution is -0.146. The zero-order chi connectivity index (χ0) is 20.7. The fraction of sp³-hybridized carbons (Fsp3) is 0.667. The van der Waals surface area contributed by atoms with E-state index in [9.17, 15) is 18.0 Å². The molecule has 0 aromatic carbocycles. The molecule has 0 spiro atoms. The Kier molecular flexibility index (Phi) is 5.57. The molecule has 10 heteroatoms. The van der Waals surface area contributed by atoms with Crippen LogP contribution in [0.25, 0.3) is 0 Å². The molecule has 156 valence electrons. The van der Waals surface area contributed by atoms with Crippen molar-refractivity contribution >= 4 is 22.0 Å². The molecule has 1 N–H and O–H groups in total. The zero-order valence-electron chi connectivity index (χ0n) is 16.7. The van der Waals surface area contributed by atoms with Crippen molar-refractivity contribution in [3.63, 3.8) is 0 Å². The molecule has 0 bridgehead atoms. The van der Waals surface area contributed by atoms with Crippen LogP contribution in [0.5, 0.6) is 0 Å². The summed E-state index contributed by atoms with van der Waals surface area (Å²) in [4.78, 5) is 28.9. The number of furan rings is 1. The van der Waals surface area contributed by atoms with Crippen molar-refractivity contribution in [1.29, 1.82) is 0 Å². The Morgan fingerprint density at radius 1 is 1.14 bits per heavy atom. The van der Waals surface area contributed by atoms with Gasteiger partial charge < -0.3 is 14.2 Å². The van der Waals surface area contributed by atoms with Gasteiger partial charge in [-0.2, -0.15) is 17.4 Å². The molecule has 0 radical (unpaired) electrons. The van der Waals surface area contributed by atoms with E-state index >= 15 is 0 Å². The van der Waals surface area contributed by atoms with Crippen LogP contribution in [0.1, 0.15) is 39.0 Å². The maximum absolute atomic E-state index is 13.1. The van der Waals surface area contributed by atoms with Crippen LogP contribution >= 0.6 is 0 Å². The van der Waals surface area contributed by atoms with E-state index in [4.69, 9.17) is 4.42 Å². The van der Waals surface area contributed by atoms with Gasteiger partial charge in [-0.05, 0) is 18.6 Å². The SMILES string of the molecule is CN1[C@@H](C(=O)N2CCN(C(=O)C(C)(C)C)CC2)C[C@@H](c2ccco2)NS1(=O)=O. The molecule has 1 aromatic heterocycles. The van der Waals surface area contributed by atoms with Gasteiger partial charge in [0.15, 0.2) is 0 Å². The normalized spacial score (nSPS) is 26.3. The summed E-state index contributed by atoms with van der Waals surface area (Å²) in [6.45, 7) is 7.30. The van der Waals surface area contributed by atoms with Gasteiger partial charge in [0.1, 0.15) is 11.8 Å². The van der Waals surface area contributed by atoms with E-state index in [1.807, 2.05) is 20.8 Å². The number of carbonyl (C=O) groups is 2. The smallest absolute Gasteiger partial charge is 0.280 e. The molecule has 2 aliphatic rings. The van der Waals surface area contributed by atoms with E-state index in [-0.39, 0.29) is 18.2 Å².